The van der Waals surface area contributed by atoms with Gasteiger partial charge >= 0.3 is 0 Å². The minimum absolute atomic E-state index is 0. The van der Waals surface area contributed by atoms with Crippen molar-refractivity contribution in [1.82, 2.24) is 4.98 Å². The summed E-state index contributed by atoms with van der Waals surface area (Å²) < 4.78 is 5.48. The first-order chi connectivity index (χ1) is 7.85. The van der Waals surface area contributed by atoms with Crippen LogP contribution in [-0.2, 0) is 6.42 Å². The molecule has 0 radical (unpaired) electrons. The Morgan fingerprint density at radius 1 is 1.35 bits per heavy atom. The standard InChI is InChI=1S/C13H17NO2.ClH/c1-2-16-11-5-6-13-12(8-11)10(9-14-13)4-3-7-15;/h5-6,8-9,14-15H,2-4,7H2,1H3;1H. The molecule has 1 heterocycles. The third-order valence-corrected chi connectivity index (χ3v) is 2.65. The maximum Gasteiger partial charge on any atom is 0.120 e. The van der Waals surface area contributed by atoms with Gasteiger partial charge in [0, 0.05) is 23.7 Å². The first-order valence-corrected chi connectivity index (χ1v) is 5.69. The van der Waals surface area contributed by atoms with Crippen LogP contribution in [0.4, 0.5) is 0 Å². The fourth-order valence-corrected chi connectivity index (χ4v) is 1.89. The van der Waals surface area contributed by atoms with Crippen molar-refractivity contribution in [2.75, 3.05) is 13.2 Å². The molecule has 2 rings (SSSR count). The van der Waals surface area contributed by atoms with Gasteiger partial charge < -0.3 is 14.8 Å². The number of H-pyrrole nitrogens is 1. The van der Waals surface area contributed by atoms with Gasteiger partial charge in [0.15, 0.2) is 0 Å². The van der Waals surface area contributed by atoms with Gasteiger partial charge in [0.25, 0.3) is 0 Å². The average molecular weight is 256 g/mol. The second-order valence-corrected chi connectivity index (χ2v) is 3.78. The van der Waals surface area contributed by atoms with Crippen molar-refractivity contribution in [2.45, 2.75) is 19.8 Å². The van der Waals surface area contributed by atoms with E-state index in [4.69, 9.17) is 9.84 Å². The summed E-state index contributed by atoms with van der Waals surface area (Å²) in [7, 11) is 0. The van der Waals surface area contributed by atoms with Crippen molar-refractivity contribution in [2.24, 2.45) is 0 Å². The Balaban J connectivity index is 0.00000144. The number of ether oxygens (including phenoxy) is 1. The second kappa shape index (κ2) is 6.52. The van der Waals surface area contributed by atoms with Crippen molar-refractivity contribution in [3.05, 3.63) is 30.0 Å². The molecule has 0 bridgehead atoms. The van der Waals surface area contributed by atoms with Gasteiger partial charge in [-0.05, 0) is 43.5 Å². The molecule has 0 unspecified atom stereocenters. The van der Waals surface area contributed by atoms with E-state index in [1.807, 2.05) is 25.3 Å². The summed E-state index contributed by atoms with van der Waals surface area (Å²) in [6, 6.07) is 6.06. The van der Waals surface area contributed by atoms with Gasteiger partial charge in [-0.15, -0.1) is 12.4 Å². The Morgan fingerprint density at radius 3 is 2.88 bits per heavy atom. The van der Waals surface area contributed by atoms with Gasteiger partial charge in [-0.25, -0.2) is 0 Å². The minimum Gasteiger partial charge on any atom is -0.494 e. The molecule has 0 amide bonds. The number of hydrogen-bond donors (Lipinski definition) is 2. The van der Waals surface area contributed by atoms with Crippen LogP contribution >= 0.6 is 12.4 Å². The molecule has 0 fully saturated rings. The Bertz CT molecular complexity index is 467. The monoisotopic (exact) mass is 255 g/mol. The van der Waals surface area contributed by atoms with E-state index in [1.165, 1.54) is 10.9 Å². The lowest BCUT2D eigenvalue weighted by molar-refractivity contribution is 0.289. The van der Waals surface area contributed by atoms with Gasteiger partial charge in [-0.2, -0.15) is 0 Å². The number of aliphatic hydroxyl groups excluding tert-OH is 1. The molecule has 2 aromatic rings. The smallest absolute Gasteiger partial charge is 0.120 e. The minimum atomic E-state index is 0. The van der Waals surface area contributed by atoms with Crippen LogP contribution in [0, 0.1) is 0 Å². The largest absolute Gasteiger partial charge is 0.494 e. The lowest BCUT2D eigenvalue weighted by atomic mass is 10.1. The van der Waals surface area contributed by atoms with E-state index in [0.29, 0.717) is 6.61 Å². The molecule has 17 heavy (non-hydrogen) atoms. The van der Waals surface area contributed by atoms with Gasteiger partial charge in [-0.3, -0.25) is 0 Å². The van der Waals surface area contributed by atoms with Crippen molar-refractivity contribution in [1.29, 1.82) is 0 Å². The maximum absolute atomic E-state index is 8.84. The zero-order chi connectivity index (χ0) is 11.4. The van der Waals surface area contributed by atoms with Gasteiger partial charge in [0.1, 0.15) is 5.75 Å². The average Bonchev–Trinajstić information content (AvgIpc) is 2.69. The first-order valence-electron chi connectivity index (χ1n) is 5.69. The molecule has 0 aliphatic heterocycles. The maximum atomic E-state index is 8.84. The molecular formula is C13H18ClNO2. The molecule has 0 saturated carbocycles. The summed E-state index contributed by atoms with van der Waals surface area (Å²) in [5.74, 6) is 0.903. The van der Waals surface area contributed by atoms with Gasteiger partial charge in [0.05, 0.1) is 6.61 Å². The zero-order valence-electron chi connectivity index (χ0n) is 9.90. The van der Waals surface area contributed by atoms with E-state index >= 15 is 0 Å². The van der Waals surface area contributed by atoms with Gasteiger partial charge in [-0.1, -0.05) is 0 Å². The van der Waals surface area contributed by atoms with Gasteiger partial charge in [0.2, 0.25) is 0 Å². The highest BCUT2D eigenvalue weighted by Crippen LogP contribution is 2.24. The molecule has 2 N–H and O–H groups in total. The molecule has 0 spiro atoms. The molecule has 4 heteroatoms. The Morgan fingerprint density at radius 2 is 2.18 bits per heavy atom. The zero-order valence-corrected chi connectivity index (χ0v) is 10.7. The highest BCUT2D eigenvalue weighted by atomic mass is 35.5. The molecular weight excluding hydrogens is 238 g/mol. The topological polar surface area (TPSA) is 45.2 Å². The Labute approximate surface area is 107 Å². The number of rotatable bonds is 5. The van der Waals surface area contributed by atoms with E-state index in [9.17, 15) is 0 Å². The van der Waals surface area contributed by atoms with Crippen molar-refractivity contribution in [3.63, 3.8) is 0 Å². The SMILES string of the molecule is CCOc1ccc2[nH]cc(CCCO)c2c1.Cl. The quantitative estimate of drug-likeness (QED) is 0.863. The third-order valence-electron chi connectivity index (χ3n) is 2.65. The molecule has 1 aromatic heterocycles. The highest BCUT2D eigenvalue weighted by Gasteiger charge is 2.04. The van der Waals surface area contributed by atoms with Crippen LogP contribution in [-0.4, -0.2) is 23.3 Å². The summed E-state index contributed by atoms with van der Waals surface area (Å²) in [5.41, 5.74) is 2.36. The number of hydrogen-bond acceptors (Lipinski definition) is 2. The second-order valence-electron chi connectivity index (χ2n) is 3.78. The highest BCUT2D eigenvalue weighted by molar-refractivity contribution is 5.85. The summed E-state index contributed by atoms with van der Waals surface area (Å²) >= 11 is 0. The number of fused-ring (bicyclic) bond motifs is 1. The van der Waals surface area contributed by atoms with Crippen LogP contribution < -0.4 is 4.74 Å². The first kappa shape index (κ1) is 13.9. The summed E-state index contributed by atoms with van der Waals surface area (Å²) in [4.78, 5) is 3.23. The third kappa shape index (κ3) is 3.14. The normalized spacial score (nSPS) is 10.2. The number of aromatic nitrogens is 1. The van der Waals surface area contributed by atoms with Crippen molar-refractivity contribution in [3.8, 4) is 5.75 Å². The summed E-state index contributed by atoms with van der Waals surface area (Å²) in [6.07, 6.45) is 3.70. The van der Waals surface area contributed by atoms with E-state index in [0.717, 1.165) is 24.1 Å². The molecule has 1 aromatic carbocycles. The van der Waals surface area contributed by atoms with Crippen molar-refractivity contribution < 1.29 is 9.84 Å². The number of aliphatic hydroxyl groups is 1. The number of nitrogens with one attached hydrogen (secondary N) is 1. The summed E-state index contributed by atoms with van der Waals surface area (Å²) in [5, 5.41) is 10.0. The Kier molecular flexibility index (Phi) is 5.32. The van der Waals surface area contributed by atoms with Crippen LogP contribution in [0.3, 0.4) is 0 Å². The van der Waals surface area contributed by atoms with E-state index in [-0.39, 0.29) is 19.0 Å². The molecule has 3 nitrogen and oxygen atoms in total. The number of aromatic amines is 1. The number of halogens is 1. The van der Waals surface area contributed by atoms with Crippen LogP contribution in [0.15, 0.2) is 24.4 Å². The fraction of sp³-hybridized carbons (Fsp3) is 0.385. The van der Waals surface area contributed by atoms with Crippen molar-refractivity contribution >= 4 is 23.3 Å². The molecule has 0 aliphatic rings. The van der Waals surface area contributed by atoms with E-state index in [2.05, 4.69) is 11.1 Å². The number of aryl methyl sites for hydroxylation is 1. The predicted octanol–water partition coefficient (Wildman–Crippen LogP) is 2.91. The predicted molar refractivity (Wildman–Crippen MR) is 72.1 cm³/mol. The van der Waals surface area contributed by atoms with Crippen LogP contribution in [0.5, 0.6) is 5.75 Å². The Hall–Kier alpha value is -1.19. The number of benzene rings is 1. The lowest BCUT2D eigenvalue weighted by Crippen LogP contribution is -1.91. The van der Waals surface area contributed by atoms with Crippen LogP contribution in [0.2, 0.25) is 0 Å². The van der Waals surface area contributed by atoms with E-state index in [1.54, 1.807) is 0 Å². The van der Waals surface area contributed by atoms with Crippen LogP contribution in [0.25, 0.3) is 10.9 Å². The fourth-order valence-electron chi connectivity index (χ4n) is 1.89. The lowest BCUT2D eigenvalue weighted by Gasteiger charge is -2.03. The summed E-state index contributed by atoms with van der Waals surface area (Å²) in [6.45, 7) is 2.90. The molecule has 0 saturated heterocycles. The molecule has 0 aliphatic carbocycles. The molecule has 0 atom stereocenters. The van der Waals surface area contributed by atoms with Crippen LogP contribution in [0.1, 0.15) is 18.9 Å². The van der Waals surface area contributed by atoms with E-state index < -0.39 is 0 Å². The molecule has 94 valence electrons.